The van der Waals surface area contributed by atoms with Crippen LogP contribution in [-0.2, 0) is 13.0 Å². The monoisotopic (exact) mass is 414 g/mol. The van der Waals surface area contributed by atoms with E-state index >= 15 is 0 Å². The quantitative estimate of drug-likeness (QED) is 0.360. The number of rotatable bonds is 7. The lowest BCUT2D eigenvalue weighted by Crippen LogP contribution is -2.25. The van der Waals surface area contributed by atoms with Crippen molar-refractivity contribution in [2.24, 2.45) is 0 Å². The highest BCUT2D eigenvalue weighted by atomic mass is 16.1. The number of hydrogen-bond acceptors (Lipinski definition) is 8. The van der Waals surface area contributed by atoms with Crippen molar-refractivity contribution in [3.63, 3.8) is 0 Å². The van der Waals surface area contributed by atoms with Gasteiger partial charge < -0.3 is 22.1 Å². The van der Waals surface area contributed by atoms with Crippen LogP contribution in [0.4, 0.5) is 17.5 Å². The van der Waals surface area contributed by atoms with Gasteiger partial charge in [-0.25, -0.2) is 9.97 Å². The lowest BCUT2D eigenvalue weighted by atomic mass is 10.1. The minimum atomic E-state index is -0.0994. The van der Waals surface area contributed by atoms with Gasteiger partial charge in [0.25, 0.3) is 5.91 Å². The van der Waals surface area contributed by atoms with E-state index in [1.165, 1.54) is 5.56 Å². The Labute approximate surface area is 179 Å². The summed E-state index contributed by atoms with van der Waals surface area (Å²) in [4.78, 5) is 28.9. The van der Waals surface area contributed by atoms with Crippen LogP contribution in [0.25, 0.3) is 11.2 Å². The molecule has 0 aliphatic heterocycles. The average molecular weight is 414 g/mol. The van der Waals surface area contributed by atoms with Crippen molar-refractivity contribution >= 4 is 34.5 Å². The minimum absolute atomic E-state index is 0.0642. The fourth-order valence-corrected chi connectivity index (χ4v) is 3.07. The van der Waals surface area contributed by atoms with Crippen LogP contribution in [0.3, 0.4) is 0 Å². The molecule has 2 aromatic heterocycles. The minimum Gasteiger partial charge on any atom is -0.382 e. The van der Waals surface area contributed by atoms with Crippen LogP contribution >= 0.6 is 0 Å². The van der Waals surface area contributed by atoms with Crippen molar-refractivity contribution < 1.29 is 4.79 Å². The highest BCUT2D eigenvalue weighted by Crippen LogP contribution is 2.16. The molecule has 156 valence electrons. The normalized spacial score (nSPS) is 10.7. The number of aromatic nitrogens is 4. The molecule has 0 bridgehead atoms. The van der Waals surface area contributed by atoms with Crippen molar-refractivity contribution in [3.8, 4) is 0 Å². The molecular formula is C22H22N8O. The maximum Gasteiger partial charge on any atom is 0.251 e. The first-order valence-corrected chi connectivity index (χ1v) is 9.79. The first-order chi connectivity index (χ1) is 15.1. The second-order valence-corrected chi connectivity index (χ2v) is 6.92. The molecule has 2 aromatic carbocycles. The molecule has 1 amide bonds. The molecule has 0 radical (unpaired) electrons. The highest BCUT2D eigenvalue weighted by molar-refractivity contribution is 5.94. The first-order valence-electron chi connectivity index (χ1n) is 9.79. The number of anilines is 3. The van der Waals surface area contributed by atoms with Crippen molar-refractivity contribution in [1.82, 2.24) is 25.3 Å². The molecule has 0 unspecified atom stereocenters. The van der Waals surface area contributed by atoms with Crippen LogP contribution in [-0.4, -0.2) is 32.4 Å². The third kappa shape index (κ3) is 5.02. The Morgan fingerprint density at radius 1 is 0.935 bits per heavy atom. The van der Waals surface area contributed by atoms with E-state index in [2.05, 4.69) is 30.6 Å². The van der Waals surface area contributed by atoms with E-state index in [0.29, 0.717) is 35.5 Å². The van der Waals surface area contributed by atoms with Crippen molar-refractivity contribution in [3.05, 3.63) is 77.6 Å². The van der Waals surface area contributed by atoms with Gasteiger partial charge in [-0.05, 0) is 36.2 Å². The Bertz CT molecular complexity index is 1200. The summed E-state index contributed by atoms with van der Waals surface area (Å²) in [6.07, 6.45) is 2.40. The summed E-state index contributed by atoms with van der Waals surface area (Å²) >= 11 is 0. The fourth-order valence-electron chi connectivity index (χ4n) is 3.07. The number of fused-ring (bicyclic) bond motifs is 1. The number of nitrogens with one attached hydrogen (secondary N) is 2. The molecule has 4 rings (SSSR count). The smallest absolute Gasteiger partial charge is 0.251 e. The Kier molecular flexibility index (Phi) is 5.84. The molecule has 0 saturated carbocycles. The standard InChI is InChI=1S/C22H22N8O/c23-19-18-20(30-22(24)29-19)27-13-17(28-18)12-26-16-8-6-15(7-9-16)21(31)25-11-10-14-4-2-1-3-5-14/h1-9,13,26H,10-12H2,(H,25,31)(H4,23,24,27,29,30). The molecule has 0 spiro atoms. The van der Waals surface area contributed by atoms with Crippen LogP contribution in [0, 0.1) is 0 Å². The van der Waals surface area contributed by atoms with Gasteiger partial charge in [-0.2, -0.15) is 9.97 Å². The summed E-state index contributed by atoms with van der Waals surface area (Å²) in [6.45, 7) is 1.01. The third-order valence-electron chi connectivity index (χ3n) is 4.66. The summed E-state index contributed by atoms with van der Waals surface area (Å²) in [6, 6.07) is 17.3. The molecule has 4 aromatic rings. The lowest BCUT2D eigenvalue weighted by Gasteiger charge is -2.09. The molecule has 2 heterocycles. The number of hydrogen-bond donors (Lipinski definition) is 4. The third-order valence-corrected chi connectivity index (χ3v) is 4.66. The number of benzene rings is 2. The molecule has 9 nitrogen and oxygen atoms in total. The number of carbonyl (C=O) groups is 1. The first kappa shape index (κ1) is 20.0. The van der Waals surface area contributed by atoms with Crippen molar-refractivity contribution in [1.29, 1.82) is 0 Å². The highest BCUT2D eigenvalue weighted by Gasteiger charge is 2.08. The van der Waals surface area contributed by atoms with Crippen LogP contribution in [0.5, 0.6) is 0 Å². The second kappa shape index (κ2) is 9.04. The summed E-state index contributed by atoms with van der Waals surface area (Å²) in [5.41, 5.74) is 15.5. The largest absolute Gasteiger partial charge is 0.382 e. The fraction of sp³-hybridized carbons (Fsp3) is 0.136. The van der Waals surface area contributed by atoms with Gasteiger partial charge in [0.1, 0.15) is 0 Å². The molecule has 31 heavy (non-hydrogen) atoms. The van der Waals surface area contributed by atoms with Crippen LogP contribution < -0.4 is 22.1 Å². The molecule has 0 fully saturated rings. The van der Waals surface area contributed by atoms with E-state index in [1.807, 2.05) is 42.5 Å². The Balaban J connectivity index is 1.32. The van der Waals surface area contributed by atoms with E-state index in [4.69, 9.17) is 11.5 Å². The molecule has 0 atom stereocenters. The Morgan fingerprint density at radius 3 is 2.48 bits per heavy atom. The number of nitrogens with zero attached hydrogens (tertiary/aromatic N) is 4. The van der Waals surface area contributed by atoms with Crippen molar-refractivity contribution in [2.75, 3.05) is 23.3 Å². The summed E-state index contributed by atoms with van der Waals surface area (Å²) in [5.74, 6) is 0.159. The van der Waals surface area contributed by atoms with Gasteiger partial charge in [0.05, 0.1) is 18.4 Å². The van der Waals surface area contributed by atoms with Gasteiger partial charge in [0.2, 0.25) is 5.95 Å². The SMILES string of the molecule is Nc1nc(N)c2nc(CNc3ccc(C(=O)NCCc4ccccc4)cc3)cnc2n1. The molecule has 0 aliphatic rings. The van der Waals surface area contributed by atoms with Gasteiger partial charge in [-0.3, -0.25) is 4.79 Å². The van der Waals surface area contributed by atoms with E-state index in [9.17, 15) is 4.79 Å². The van der Waals surface area contributed by atoms with Gasteiger partial charge in [0, 0.05) is 17.8 Å². The number of nitrogens with two attached hydrogens (primary N) is 2. The topological polar surface area (TPSA) is 145 Å². The molecule has 9 heteroatoms. The zero-order chi connectivity index (χ0) is 21.6. The zero-order valence-electron chi connectivity index (χ0n) is 16.7. The summed E-state index contributed by atoms with van der Waals surface area (Å²) in [5, 5.41) is 6.19. The molecular weight excluding hydrogens is 392 g/mol. The number of carbonyl (C=O) groups excluding carboxylic acids is 1. The van der Waals surface area contributed by atoms with E-state index < -0.39 is 0 Å². The molecule has 0 saturated heterocycles. The molecule has 0 aliphatic carbocycles. The van der Waals surface area contributed by atoms with E-state index in [0.717, 1.165) is 12.1 Å². The zero-order valence-corrected chi connectivity index (χ0v) is 16.7. The average Bonchev–Trinajstić information content (AvgIpc) is 2.79. The van der Waals surface area contributed by atoms with Gasteiger partial charge in [-0.15, -0.1) is 0 Å². The predicted octanol–water partition coefficient (Wildman–Crippen LogP) is 2.17. The lowest BCUT2D eigenvalue weighted by molar-refractivity contribution is 0.0954. The van der Waals surface area contributed by atoms with E-state index in [-0.39, 0.29) is 17.7 Å². The van der Waals surface area contributed by atoms with E-state index in [1.54, 1.807) is 18.3 Å². The number of nitrogen functional groups attached to an aromatic ring is 2. The van der Waals surface area contributed by atoms with Crippen LogP contribution in [0.1, 0.15) is 21.6 Å². The van der Waals surface area contributed by atoms with Crippen LogP contribution in [0.15, 0.2) is 60.8 Å². The molecule has 6 N–H and O–H groups in total. The van der Waals surface area contributed by atoms with Gasteiger partial charge >= 0.3 is 0 Å². The Morgan fingerprint density at radius 2 is 1.71 bits per heavy atom. The Hall–Kier alpha value is -4.27. The van der Waals surface area contributed by atoms with Crippen LogP contribution in [0.2, 0.25) is 0 Å². The number of amides is 1. The maximum atomic E-state index is 12.3. The van der Waals surface area contributed by atoms with Gasteiger partial charge in [-0.1, -0.05) is 30.3 Å². The predicted molar refractivity (Wildman–Crippen MR) is 120 cm³/mol. The summed E-state index contributed by atoms with van der Waals surface area (Å²) < 4.78 is 0. The van der Waals surface area contributed by atoms with Crippen molar-refractivity contribution in [2.45, 2.75) is 13.0 Å². The second-order valence-electron chi connectivity index (χ2n) is 6.92. The van der Waals surface area contributed by atoms with Gasteiger partial charge in [0.15, 0.2) is 17.0 Å². The summed E-state index contributed by atoms with van der Waals surface area (Å²) in [7, 11) is 0. The maximum absolute atomic E-state index is 12.3.